The molecule has 18 heavy (non-hydrogen) atoms. The standard InChI is InChI=1S/C15H18O3/c1-4-13-14-9-12(17-3)7-5-11(14)6-8-15(13)18-10(2)16/h4-5,7,9,15H,6,8H2,1-3H3/b13-4-. The monoisotopic (exact) mass is 246 g/mol. The molecule has 1 atom stereocenters. The molecule has 0 spiro atoms. The zero-order valence-electron chi connectivity index (χ0n) is 11.0. The van der Waals surface area contributed by atoms with Crippen molar-refractivity contribution in [3.05, 3.63) is 35.4 Å². The topological polar surface area (TPSA) is 35.5 Å². The van der Waals surface area contributed by atoms with E-state index in [1.54, 1.807) is 7.11 Å². The van der Waals surface area contributed by atoms with E-state index in [9.17, 15) is 4.79 Å². The van der Waals surface area contributed by atoms with Crippen molar-refractivity contribution in [2.45, 2.75) is 32.8 Å². The quantitative estimate of drug-likeness (QED) is 0.752. The maximum Gasteiger partial charge on any atom is 0.303 e. The van der Waals surface area contributed by atoms with E-state index < -0.39 is 0 Å². The summed E-state index contributed by atoms with van der Waals surface area (Å²) in [7, 11) is 1.66. The fraction of sp³-hybridized carbons (Fsp3) is 0.400. The second-order valence-corrected chi connectivity index (χ2v) is 4.40. The molecular weight excluding hydrogens is 228 g/mol. The van der Waals surface area contributed by atoms with Crippen LogP contribution >= 0.6 is 0 Å². The minimum absolute atomic E-state index is 0.132. The maximum atomic E-state index is 11.1. The van der Waals surface area contributed by atoms with Gasteiger partial charge in [-0.25, -0.2) is 0 Å². The number of benzene rings is 1. The number of rotatable bonds is 2. The predicted molar refractivity (Wildman–Crippen MR) is 70.5 cm³/mol. The summed E-state index contributed by atoms with van der Waals surface area (Å²) in [4.78, 5) is 11.1. The van der Waals surface area contributed by atoms with Crippen molar-refractivity contribution >= 4 is 11.5 Å². The number of carbonyl (C=O) groups excluding carboxylic acids is 1. The number of allylic oxidation sites excluding steroid dienone is 1. The minimum atomic E-state index is -0.231. The molecule has 2 rings (SSSR count). The largest absolute Gasteiger partial charge is 0.497 e. The number of carbonyl (C=O) groups is 1. The van der Waals surface area contributed by atoms with E-state index in [0.29, 0.717) is 0 Å². The maximum absolute atomic E-state index is 11.1. The lowest BCUT2D eigenvalue weighted by atomic mass is 9.85. The molecule has 1 aliphatic rings. The first kappa shape index (κ1) is 12.7. The van der Waals surface area contributed by atoms with Gasteiger partial charge in [0, 0.05) is 6.92 Å². The molecule has 0 aromatic heterocycles. The fourth-order valence-corrected chi connectivity index (χ4v) is 2.45. The first-order valence-corrected chi connectivity index (χ1v) is 6.16. The summed E-state index contributed by atoms with van der Waals surface area (Å²) in [6.45, 7) is 3.43. The molecule has 0 N–H and O–H groups in total. The van der Waals surface area contributed by atoms with Gasteiger partial charge in [-0.05, 0) is 48.6 Å². The molecule has 0 heterocycles. The summed E-state index contributed by atoms with van der Waals surface area (Å²) >= 11 is 0. The van der Waals surface area contributed by atoms with Crippen LogP contribution in [-0.4, -0.2) is 19.2 Å². The van der Waals surface area contributed by atoms with Gasteiger partial charge in [-0.3, -0.25) is 4.79 Å². The van der Waals surface area contributed by atoms with Gasteiger partial charge in [-0.2, -0.15) is 0 Å². The highest BCUT2D eigenvalue weighted by Crippen LogP contribution is 2.35. The number of fused-ring (bicyclic) bond motifs is 1. The van der Waals surface area contributed by atoms with Crippen LogP contribution < -0.4 is 4.74 Å². The molecule has 0 amide bonds. The second-order valence-electron chi connectivity index (χ2n) is 4.40. The third kappa shape index (κ3) is 2.40. The molecule has 3 nitrogen and oxygen atoms in total. The summed E-state index contributed by atoms with van der Waals surface area (Å²) in [5, 5.41) is 0. The van der Waals surface area contributed by atoms with Crippen LogP contribution in [0.15, 0.2) is 24.3 Å². The van der Waals surface area contributed by atoms with Crippen molar-refractivity contribution in [2.24, 2.45) is 0 Å². The van der Waals surface area contributed by atoms with Crippen LogP contribution in [0.4, 0.5) is 0 Å². The van der Waals surface area contributed by atoms with E-state index in [2.05, 4.69) is 6.07 Å². The number of hydrogen-bond donors (Lipinski definition) is 0. The summed E-state index contributed by atoms with van der Waals surface area (Å²) in [5.74, 6) is 0.599. The molecule has 0 fully saturated rings. The van der Waals surface area contributed by atoms with Crippen molar-refractivity contribution < 1.29 is 14.3 Å². The van der Waals surface area contributed by atoms with Crippen molar-refractivity contribution in [2.75, 3.05) is 7.11 Å². The van der Waals surface area contributed by atoms with E-state index in [1.165, 1.54) is 12.5 Å². The highest BCUT2D eigenvalue weighted by molar-refractivity contribution is 5.76. The first-order valence-electron chi connectivity index (χ1n) is 6.16. The van der Waals surface area contributed by atoms with E-state index >= 15 is 0 Å². The van der Waals surface area contributed by atoms with Gasteiger partial charge in [0.25, 0.3) is 0 Å². The molecule has 0 aliphatic heterocycles. The van der Waals surface area contributed by atoms with Crippen molar-refractivity contribution in [3.8, 4) is 5.75 Å². The van der Waals surface area contributed by atoms with Gasteiger partial charge in [0.15, 0.2) is 0 Å². The van der Waals surface area contributed by atoms with Gasteiger partial charge in [0.2, 0.25) is 0 Å². The highest BCUT2D eigenvalue weighted by atomic mass is 16.5. The summed E-state index contributed by atoms with van der Waals surface area (Å²) < 4.78 is 10.6. The zero-order chi connectivity index (χ0) is 13.1. The molecule has 3 heteroatoms. The van der Waals surface area contributed by atoms with E-state index in [4.69, 9.17) is 9.47 Å². The van der Waals surface area contributed by atoms with E-state index in [-0.39, 0.29) is 12.1 Å². The van der Waals surface area contributed by atoms with Crippen LogP contribution in [0.25, 0.3) is 5.57 Å². The molecule has 1 aliphatic carbocycles. The Morgan fingerprint density at radius 3 is 2.83 bits per heavy atom. The van der Waals surface area contributed by atoms with Gasteiger partial charge in [-0.1, -0.05) is 12.1 Å². The number of hydrogen-bond acceptors (Lipinski definition) is 3. The molecule has 96 valence electrons. The molecule has 1 unspecified atom stereocenters. The second kappa shape index (κ2) is 5.25. The summed E-state index contributed by atoms with van der Waals surface area (Å²) in [6, 6.07) is 6.07. The van der Waals surface area contributed by atoms with Crippen LogP contribution in [0.3, 0.4) is 0 Å². The van der Waals surface area contributed by atoms with Gasteiger partial charge in [-0.15, -0.1) is 0 Å². The Bertz CT molecular complexity index is 489. The molecule has 0 bridgehead atoms. The van der Waals surface area contributed by atoms with Gasteiger partial charge >= 0.3 is 5.97 Å². The third-order valence-corrected chi connectivity index (χ3v) is 3.27. The van der Waals surface area contributed by atoms with Crippen LogP contribution in [0.2, 0.25) is 0 Å². The Morgan fingerprint density at radius 1 is 1.44 bits per heavy atom. The van der Waals surface area contributed by atoms with E-state index in [0.717, 1.165) is 29.7 Å². The Labute approximate surface area is 107 Å². The normalized spacial score (nSPS) is 20.4. The lowest BCUT2D eigenvalue weighted by molar-refractivity contribution is -0.144. The predicted octanol–water partition coefficient (Wildman–Crippen LogP) is 2.98. The van der Waals surface area contributed by atoms with Gasteiger partial charge in [0.1, 0.15) is 11.9 Å². The third-order valence-electron chi connectivity index (χ3n) is 3.27. The summed E-state index contributed by atoms with van der Waals surface area (Å²) in [6.07, 6.45) is 3.66. The number of aryl methyl sites for hydroxylation is 1. The summed E-state index contributed by atoms with van der Waals surface area (Å²) in [5.41, 5.74) is 3.49. The number of ether oxygens (including phenoxy) is 2. The van der Waals surface area contributed by atoms with Crippen LogP contribution in [-0.2, 0) is 16.0 Å². The minimum Gasteiger partial charge on any atom is -0.497 e. The zero-order valence-corrected chi connectivity index (χ0v) is 11.0. The van der Waals surface area contributed by atoms with Crippen LogP contribution in [0.1, 0.15) is 31.4 Å². The molecule has 0 radical (unpaired) electrons. The molecular formula is C15H18O3. The lowest BCUT2D eigenvalue weighted by Gasteiger charge is -2.27. The molecule has 0 saturated heterocycles. The molecule has 1 aromatic rings. The average Bonchev–Trinajstić information content (AvgIpc) is 2.37. The van der Waals surface area contributed by atoms with Crippen molar-refractivity contribution in [1.82, 2.24) is 0 Å². The molecule has 1 aromatic carbocycles. The van der Waals surface area contributed by atoms with Crippen LogP contribution in [0, 0.1) is 0 Å². The Hall–Kier alpha value is -1.77. The fourth-order valence-electron chi connectivity index (χ4n) is 2.45. The van der Waals surface area contributed by atoms with Crippen molar-refractivity contribution in [3.63, 3.8) is 0 Å². The molecule has 0 saturated carbocycles. The van der Waals surface area contributed by atoms with Gasteiger partial charge in [0.05, 0.1) is 7.11 Å². The number of methoxy groups -OCH3 is 1. The Morgan fingerprint density at radius 2 is 2.22 bits per heavy atom. The average molecular weight is 246 g/mol. The van der Waals surface area contributed by atoms with Crippen molar-refractivity contribution in [1.29, 1.82) is 0 Å². The Kier molecular flexibility index (Phi) is 3.70. The van der Waals surface area contributed by atoms with E-state index in [1.807, 2.05) is 25.1 Å². The van der Waals surface area contributed by atoms with Crippen LogP contribution in [0.5, 0.6) is 5.75 Å². The SMILES string of the molecule is C/C=C1/c2cc(OC)ccc2CCC1OC(C)=O. The smallest absolute Gasteiger partial charge is 0.303 e. The number of esters is 1. The first-order chi connectivity index (χ1) is 8.65. The lowest BCUT2D eigenvalue weighted by Crippen LogP contribution is -2.23. The highest BCUT2D eigenvalue weighted by Gasteiger charge is 2.25. The Balaban J connectivity index is 2.38. The van der Waals surface area contributed by atoms with Gasteiger partial charge < -0.3 is 9.47 Å².